The van der Waals surface area contributed by atoms with Crippen LogP contribution in [0.15, 0.2) is 4.99 Å². The predicted molar refractivity (Wildman–Crippen MR) is 102 cm³/mol. The zero-order chi connectivity index (χ0) is 18.3. The van der Waals surface area contributed by atoms with E-state index in [1.807, 2.05) is 25.7 Å². The van der Waals surface area contributed by atoms with Gasteiger partial charge >= 0.3 is 0 Å². The number of aliphatic imine (C=N–C) groups is 1. The minimum atomic E-state index is -0.221. The minimum absolute atomic E-state index is 0.114. The molecule has 1 aliphatic heterocycles. The zero-order valence-electron chi connectivity index (χ0n) is 16.2. The summed E-state index contributed by atoms with van der Waals surface area (Å²) in [7, 11) is 0. The lowest BCUT2D eigenvalue weighted by Crippen LogP contribution is -2.46. The van der Waals surface area contributed by atoms with Crippen LogP contribution in [-0.4, -0.2) is 60.7 Å². The third kappa shape index (κ3) is 6.17. The summed E-state index contributed by atoms with van der Waals surface area (Å²) < 4.78 is 0. The Kier molecular flexibility index (Phi) is 7.54. The summed E-state index contributed by atoms with van der Waals surface area (Å²) >= 11 is 0. The summed E-state index contributed by atoms with van der Waals surface area (Å²) in [5.74, 6) is 1.38. The van der Waals surface area contributed by atoms with Crippen LogP contribution in [0.2, 0.25) is 0 Å². The van der Waals surface area contributed by atoms with Gasteiger partial charge in [0, 0.05) is 43.6 Å². The number of aliphatic hydroxyl groups excluding tert-OH is 1. The first-order valence-corrected chi connectivity index (χ1v) is 9.89. The Labute approximate surface area is 152 Å². The van der Waals surface area contributed by atoms with Crippen molar-refractivity contribution in [3.05, 3.63) is 0 Å². The van der Waals surface area contributed by atoms with E-state index in [0.717, 1.165) is 44.9 Å². The van der Waals surface area contributed by atoms with Gasteiger partial charge in [0.2, 0.25) is 5.91 Å². The molecule has 1 saturated heterocycles. The Balaban J connectivity index is 1.86. The van der Waals surface area contributed by atoms with Crippen LogP contribution in [0.3, 0.4) is 0 Å². The van der Waals surface area contributed by atoms with Crippen LogP contribution in [0.4, 0.5) is 0 Å². The fourth-order valence-electron chi connectivity index (χ4n) is 3.54. The lowest BCUT2D eigenvalue weighted by atomic mass is 9.88. The molecule has 2 fully saturated rings. The van der Waals surface area contributed by atoms with Crippen molar-refractivity contribution in [1.82, 2.24) is 15.5 Å². The Morgan fingerprint density at radius 3 is 2.60 bits per heavy atom. The van der Waals surface area contributed by atoms with E-state index in [4.69, 9.17) is 0 Å². The van der Waals surface area contributed by atoms with Gasteiger partial charge in [0.25, 0.3) is 0 Å². The molecule has 1 atom stereocenters. The van der Waals surface area contributed by atoms with Gasteiger partial charge in [-0.05, 0) is 26.2 Å². The van der Waals surface area contributed by atoms with Gasteiger partial charge in [0.1, 0.15) is 0 Å². The average Bonchev–Trinajstić information content (AvgIpc) is 3.08. The number of aliphatic hydroxyl groups is 1. The van der Waals surface area contributed by atoms with E-state index in [2.05, 4.69) is 15.6 Å². The predicted octanol–water partition coefficient (Wildman–Crippen LogP) is 1.74. The van der Waals surface area contributed by atoms with E-state index in [1.165, 1.54) is 19.3 Å². The second kappa shape index (κ2) is 9.41. The van der Waals surface area contributed by atoms with E-state index in [1.54, 1.807) is 0 Å². The summed E-state index contributed by atoms with van der Waals surface area (Å²) in [5.41, 5.74) is -0.221. The molecular formula is C19H36N4O2. The fraction of sp³-hybridized carbons (Fsp3) is 0.895. The molecule has 0 aromatic heterocycles. The Bertz CT molecular complexity index is 458. The third-order valence-electron chi connectivity index (χ3n) is 5.23. The number of hydrogen-bond acceptors (Lipinski definition) is 3. The largest absolute Gasteiger partial charge is 0.396 e. The highest BCUT2D eigenvalue weighted by atomic mass is 16.3. The van der Waals surface area contributed by atoms with Crippen molar-refractivity contribution in [2.75, 3.05) is 32.8 Å². The summed E-state index contributed by atoms with van der Waals surface area (Å²) in [4.78, 5) is 19.3. The van der Waals surface area contributed by atoms with Crippen molar-refractivity contribution in [3.63, 3.8) is 0 Å². The van der Waals surface area contributed by atoms with Crippen molar-refractivity contribution < 1.29 is 9.90 Å². The van der Waals surface area contributed by atoms with E-state index in [-0.39, 0.29) is 24.0 Å². The second-order valence-electron chi connectivity index (χ2n) is 8.27. The molecule has 2 rings (SSSR count). The average molecular weight is 353 g/mol. The lowest BCUT2D eigenvalue weighted by molar-refractivity contribution is -0.135. The SMILES string of the molecule is CCNC(=NCC(C)(C)CO)NC1CCN(C(=O)C2CCCCC2)C1. The van der Waals surface area contributed by atoms with Gasteiger partial charge in [-0.25, -0.2) is 0 Å². The number of carbonyl (C=O) groups is 1. The molecule has 6 heteroatoms. The van der Waals surface area contributed by atoms with Gasteiger partial charge in [-0.2, -0.15) is 0 Å². The number of rotatable bonds is 6. The molecule has 3 N–H and O–H groups in total. The first-order chi connectivity index (χ1) is 11.9. The minimum Gasteiger partial charge on any atom is -0.396 e. The molecule has 1 aliphatic carbocycles. The first-order valence-electron chi connectivity index (χ1n) is 9.89. The van der Waals surface area contributed by atoms with Crippen LogP contribution in [0, 0.1) is 11.3 Å². The van der Waals surface area contributed by atoms with Crippen LogP contribution in [0.25, 0.3) is 0 Å². The molecule has 0 radical (unpaired) electrons. The molecule has 1 unspecified atom stereocenters. The smallest absolute Gasteiger partial charge is 0.225 e. The van der Waals surface area contributed by atoms with Crippen LogP contribution < -0.4 is 10.6 Å². The van der Waals surface area contributed by atoms with E-state index < -0.39 is 0 Å². The highest BCUT2D eigenvalue weighted by molar-refractivity contribution is 5.81. The van der Waals surface area contributed by atoms with Crippen LogP contribution in [0.5, 0.6) is 0 Å². The molecular weight excluding hydrogens is 316 g/mol. The van der Waals surface area contributed by atoms with Crippen LogP contribution in [0.1, 0.15) is 59.3 Å². The van der Waals surface area contributed by atoms with Gasteiger partial charge in [-0.1, -0.05) is 33.1 Å². The first kappa shape index (κ1) is 20.0. The fourth-order valence-corrected chi connectivity index (χ4v) is 3.54. The molecule has 1 saturated carbocycles. The van der Waals surface area contributed by atoms with Gasteiger partial charge in [0.05, 0.1) is 6.54 Å². The van der Waals surface area contributed by atoms with Gasteiger partial charge in [-0.3, -0.25) is 9.79 Å². The van der Waals surface area contributed by atoms with E-state index in [9.17, 15) is 9.90 Å². The molecule has 0 aromatic carbocycles. The molecule has 0 aromatic rings. The number of likely N-dealkylation sites (tertiary alicyclic amines) is 1. The molecule has 6 nitrogen and oxygen atoms in total. The molecule has 25 heavy (non-hydrogen) atoms. The standard InChI is InChI=1S/C19H36N4O2/c1-4-20-18(21-13-19(2,3)14-24)22-16-10-11-23(12-16)17(25)15-8-6-5-7-9-15/h15-16,24H,4-14H2,1-3H3,(H2,20,21,22). The van der Waals surface area contributed by atoms with Crippen LogP contribution >= 0.6 is 0 Å². The maximum absolute atomic E-state index is 12.7. The van der Waals surface area contributed by atoms with E-state index >= 15 is 0 Å². The van der Waals surface area contributed by atoms with Gasteiger partial charge in [0.15, 0.2) is 5.96 Å². The molecule has 1 heterocycles. The Morgan fingerprint density at radius 2 is 1.96 bits per heavy atom. The summed E-state index contributed by atoms with van der Waals surface area (Å²) in [6, 6.07) is 0.252. The van der Waals surface area contributed by atoms with Crippen molar-refractivity contribution in [1.29, 1.82) is 0 Å². The second-order valence-corrected chi connectivity index (χ2v) is 8.27. The van der Waals surface area contributed by atoms with Crippen molar-refractivity contribution in [3.8, 4) is 0 Å². The lowest BCUT2D eigenvalue weighted by Gasteiger charge is -2.26. The summed E-state index contributed by atoms with van der Waals surface area (Å²) in [6.07, 6.45) is 6.77. The molecule has 2 aliphatic rings. The zero-order valence-corrected chi connectivity index (χ0v) is 16.2. The molecule has 0 bridgehead atoms. The third-order valence-corrected chi connectivity index (χ3v) is 5.23. The number of guanidine groups is 1. The van der Waals surface area contributed by atoms with Crippen molar-refractivity contribution in [2.24, 2.45) is 16.3 Å². The Morgan fingerprint density at radius 1 is 1.24 bits per heavy atom. The maximum atomic E-state index is 12.7. The van der Waals surface area contributed by atoms with Gasteiger partial charge in [-0.15, -0.1) is 0 Å². The quantitative estimate of drug-likeness (QED) is 0.503. The highest BCUT2D eigenvalue weighted by Gasteiger charge is 2.31. The Hall–Kier alpha value is -1.30. The van der Waals surface area contributed by atoms with Crippen molar-refractivity contribution in [2.45, 2.75) is 65.3 Å². The normalized spacial score (nSPS) is 23.0. The summed E-state index contributed by atoms with van der Waals surface area (Å²) in [6.45, 7) is 9.13. The van der Waals surface area contributed by atoms with Crippen LogP contribution in [-0.2, 0) is 4.79 Å². The number of amides is 1. The number of carbonyl (C=O) groups excluding carboxylic acids is 1. The maximum Gasteiger partial charge on any atom is 0.225 e. The number of nitrogens with zero attached hydrogens (tertiary/aromatic N) is 2. The van der Waals surface area contributed by atoms with Gasteiger partial charge < -0.3 is 20.6 Å². The molecule has 0 spiro atoms. The number of hydrogen-bond donors (Lipinski definition) is 3. The van der Waals surface area contributed by atoms with E-state index in [0.29, 0.717) is 12.5 Å². The summed E-state index contributed by atoms with van der Waals surface area (Å²) in [5, 5.41) is 16.1. The molecule has 144 valence electrons. The van der Waals surface area contributed by atoms with Crippen molar-refractivity contribution >= 4 is 11.9 Å². The topological polar surface area (TPSA) is 77.0 Å². The molecule has 1 amide bonds. The number of nitrogens with one attached hydrogen (secondary N) is 2. The highest BCUT2D eigenvalue weighted by Crippen LogP contribution is 2.26. The monoisotopic (exact) mass is 352 g/mol.